The molecule has 0 N–H and O–H groups in total. The first-order valence-electron chi connectivity index (χ1n) is 7.35. The Hall–Kier alpha value is -1.39. The molecule has 0 fully saturated rings. The van der Waals surface area contributed by atoms with Crippen LogP contribution in [0.5, 0.6) is 0 Å². The number of unbranched alkanes of at least 4 members (excludes halogenated alkanes) is 3. The second-order valence-electron chi connectivity index (χ2n) is 4.67. The fourth-order valence-electron chi connectivity index (χ4n) is 1.93. The lowest BCUT2D eigenvalue weighted by Gasteiger charge is -2.12. The van der Waals surface area contributed by atoms with E-state index in [2.05, 4.69) is 0 Å². The molecule has 116 valence electrons. The number of carbonyl (C=O) groups is 3. The molecule has 0 saturated carbocycles. The van der Waals surface area contributed by atoms with E-state index in [0.717, 1.165) is 25.7 Å². The predicted molar refractivity (Wildman–Crippen MR) is 75.1 cm³/mol. The third-order valence-electron chi connectivity index (χ3n) is 2.99. The molecule has 20 heavy (non-hydrogen) atoms. The lowest BCUT2D eigenvalue weighted by molar-refractivity contribution is -0.151. The lowest BCUT2D eigenvalue weighted by atomic mass is 9.97. The fourth-order valence-corrected chi connectivity index (χ4v) is 1.93. The van der Waals surface area contributed by atoms with Crippen LogP contribution in [0.15, 0.2) is 0 Å². The van der Waals surface area contributed by atoms with Crippen molar-refractivity contribution in [3.63, 3.8) is 0 Å². The van der Waals surface area contributed by atoms with Crippen LogP contribution in [0.25, 0.3) is 0 Å². The maximum absolute atomic E-state index is 11.6. The molecule has 5 nitrogen and oxygen atoms in total. The van der Waals surface area contributed by atoms with E-state index in [4.69, 9.17) is 9.47 Å². The number of ether oxygens (including phenoxy) is 2. The average molecular weight is 286 g/mol. The van der Waals surface area contributed by atoms with E-state index in [9.17, 15) is 14.4 Å². The van der Waals surface area contributed by atoms with Crippen LogP contribution in [-0.4, -0.2) is 30.9 Å². The van der Waals surface area contributed by atoms with Gasteiger partial charge in [0.15, 0.2) is 0 Å². The molecular formula is C15H26O5. The van der Waals surface area contributed by atoms with Crippen molar-refractivity contribution in [3.8, 4) is 0 Å². The van der Waals surface area contributed by atoms with Gasteiger partial charge in [-0.2, -0.15) is 0 Å². The van der Waals surface area contributed by atoms with Crippen molar-refractivity contribution in [2.45, 2.75) is 59.3 Å². The molecular weight excluding hydrogens is 260 g/mol. The monoisotopic (exact) mass is 286 g/mol. The number of rotatable bonds is 11. The molecule has 0 aliphatic heterocycles. The van der Waals surface area contributed by atoms with E-state index >= 15 is 0 Å². The summed E-state index contributed by atoms with van der Waals surface area (Å²) in [5, 5.41) is 0. The summed E-state index contributed by atoms with van der Waals surface area (Å²) in [7, 11) is 0. The quantitative estimate of drug-likeness (QED) is 0.332. The molecule has 5 heteroatoms. The molecule has 0 saturated heterocycles. The highest BCUT2D eigenvalue weighted by Gasteiger charge is 2.23. The van der Waals surface area contributed by atoms with Crippen LogP contribution in [0.1, 0.15) is 59.3 Å². The topological polar surface area (TPSA) is 69.7 Å². The molecule has 0 bridgehead atoms. The van der Waals surface area contributed by atoms with Gasteiger partial charge in [-0.25, -0.2) is 0 Å². The number of hydrogen-bond acceptors (Lipinski definition) is 5. The van der Waals surface area contributed by atoms with Crippen molar-refractivity contribution in [1.82, 2.24) is 0 Å². The third kappa shape index (κ3) is 8.67. The van der Waals surface area contributed by atoms with Crippen LogP contribution in [-0.2, 0) is 23.9 Å². The van der Waals surface area contributed by atoms with Gasteiger partial charge in [-0.15, -0.1) is 0 Å². The van der Waals surface area contributed by atoms with Gasteiger partial charge in [0, 0.05) is 6.42 Å². The summed E-state index contributed by atoms with van der Waals surface area (Å²) < 4.78 is 9.71. The molecule has 0 heterocycles. The summed E-state index contributed by atoms with van der Waals surface area (Å²) in [6.45, 7) is 5.64. The molecule has 0 spiro atoms. The fraction of sp³-hybridized carbons (Fsp3) is 0.800. The van der Waals surface area contributed by atoms with Crippen LogP contribution < -0.4 is 0 Å². The Morgan fingerprint density at radius 3 is 2.05 bits per heavy atom. The first kappa shape index (κ1) is 18.6. The normalized spacial score (nSPS) is 11.8. The van der Waals surface area contributed by atoms with Crippen molar-refractivity contribution < 1.29 is 23.9 Å². The second-order valence-corrected chi connectivity index (χ2v) is 4.67. The smallest absolute Gasteiger partial charge is 0.316 e. The lowest BCUT2D eigenvalue weighted by Crippen LogP contribution is -2.24. The van der Waals surface area contributed by atoms with Crippen LogP contribution in [0, 0.1) is 5.92 Å². The molecule has 0 aliphatic rings. The largest absolute Gasteiger partial charge is 0.466 e. The van der Waals surface area contributed by atoms with Gasteiger partial charge in [-0.1, -0.05) is 19.3 Å². The molecule has 0 unspecified atom stereocenters. The van der Waals surface area contributed by atoms with Gasteiger partial charge < -0.3 is 9.47 Å². The van der Waals surface area contributed by atoms with Gasteiger partial charge in [-0.05, 0) is 33.6 Å². The van der Waals surface area contributed by atoms with Crippen molar-refractivity contribution in [3.05, 3.63) is 0 Å². The van der Waals surface area contributed by atoms with E-state index in [1.165, 1.54) is 6.92 Å². The Morgan fingerprint density at radius 1 is 0.900 bits per heavy atom. The number of hydrogen-bond donors (Lipinski definition) is 0. The zero-order valence-corrected chi connectivity index (χ0v) is 12.8. The van der Waals surface area contributed by atoms with E-state index in [-0.39, 0.29) is 11.8 Å². The Bertz CT molecular complexity index is 311. The highest BCUT2D eigenvalue weighted by atomic mass is 16.5. The van der Waals surface area contributed by atoms with Gasteiger partial charge in [0.05, 0.1) is 13.2 Å². The number of Topliss-reactive ketones (excluding diaryl/α,β-unsaturated/α-hetero) is 1. The average Bonchev–Trinajstić information content (AvgIpc) is 2.37. The predicted octanol–water partition coefficient (Wildman–Crippen LogP) is 2.66. The summed E-state index contributed by atoms with van der Waals surface area (Å²) in [4.78, 5) is 34.0. The van der Waals surface area contributed by atoms with Crippen molar-refractivity contribution in [1.29, 1.82) is 0 Å². The van der Waals surface area contributed by atoms with Gasteiger partial charge in [0.2, 0.25) is 0 Å². The zero-order chi connectivity index (χ0) is 15.4. The van der Waals surface area contributed by atoms with E-state index in [1.54, 1.807) is 13.8 Å². The highest BCUT2D eigenvalue weighted by molar-refractivity contribution is 5.97. The molecule has 0 aromatic rings. The van der Waals surface area contributed by atoms with Crippen molar-refractivity contribution in [2.75, 3.05) is 13.2 Å². The van der Waals surface area contributed by atoms with E-state index in [1.807, 2.05) is 0 Å². The maximum Gasteiger partial charge on any atom is 0.316 e. The minimum atomic E-state index is -0.639. The third-order valence-corrected chi connectivity index (χ3v) is 2.99. The van der Waals surface area contributed by atoms with Gasteiger partial charge >= 0.3 is 11.9 Å². The summed E-state index contributed by atoms with van der Waals surface area (Å²) >= 11 is 0. The molecule has 0 amide bonds. The van der Waals surface area contributed by atoms with Gasteiger partial charge in [-0.3, -0.25) is 14.4 Å². The number of esters is 2. The molecule has 1 atom stereocenters. The van der Waals surface area contributed by atoms with Gasteiger partial charge in [0.25, 0.3) is 0 Å². The van der Waals surface area contributed by atoms with Crippen LogP contribution in [0.3, 0.4) is 0 Å². The van der Waals surface area contributed by atoms with Crippen LogP contribution in [0.4, 0.5) is 0 Å². The second kappa shape index (κ2) is 11.4. The molecule has 0 radical (unpaired) electrons. The maximum atomic E-state index is 11.6. The van der Waals surface area contributed by atoms with E-state index in [0.29, 0.717) is 26.1 Å². The summed E-state index contributed by atoms with van der Waals surface area (Å²) in [5.74, 6) is -1.37. The Kier molecular flexibility index (Phi) is 10.6. The summed E-state index contributed by atoms with van der Waals surface area (Å²) in [6, 6.07) is 0. The zero-order valence-electron chi connectivity index (χ0n) is 12.8. The first-order valence-corrected chi connectivity index (χ1v) is 7.35. The van der Waals surface area contributed by atoms with Crippen molar-refractivity contribution >= 4 is 17.7 Å². The highest BCUT2D eigenvalue weighted by Crippen LogP contribution is 2.14. The summed E-state index contributed by atoms with van der Waals surface area (Å²) in [5.41, 5.74) is 0. The molecule has 0 aliphatic carbocycles. The van der Waals surface area contributed by atoms with Crippen LogP contribution >= 0.6 is 0 Å². The molecule has 0 aromatic heterocycles. The SMILES string of the molecule is CCOC(=O)CCCCCC[C@H](C(C)=O)C(=O)OCC. The van der Waals surface area contributed by atoms with Crippen molar-refractivity contribution in [2.24, 2.45) is 5.92 Å². The van der Waals surface area contributed by atoms with Gasteiger partial charge in [0.1, 0.15) is 11.7 Å². The molecule has 0 rings (SSSR count). The van der Waals surface area contributed by atoms with E-state index < -0.39 is 11.9 Å². The first-order chi connectivity index (χ1) is 9.52. The number of carbonyl (C=O) groups excluding carboxylic acids is 3. The number of ketones is 1. The Labute approximate surface area is 121 Å². The standard InChI is InChI=1S/C15H26O5/c1-4-19-14(17)11-9-7-6-8-10-13(12(3)16)15(18)20-5-2/h13H,4-11H2,1-3H3/t13-/m1/s1. The molecule has 0 aromatic carbocycles. The minimum Gasteiger partial charge on any atom is -0.466 e. The Balaban J connectivity index is 3.77. The Morgan fingerprint density at radius 2 is 1.50 bits per heavy atom. The minimum absolute atomic E-state index is 0.144. The van der Waals surface area contributed by atoms with Crippen LogP contribution in [0.2, 0.25) is 0 Å². The summed E-state index contributed by atoms with van der Waals surface area (Å²) in [6.07, 6.45) is 4.30.